The standard InChI is InChI=1S/C9H13NO/c1-6-4-9(5-7(2)11)10-8(6)3/h4-5H2,1-3H3. The van der Waals surface area contributed by atoms with E-state index in [1.165, 1.54) is 5.57 Å². The molecule has 0 atom stereocenters. The number of rotatable bonds is 2. The highest BCUT2D eigenvalue weighted by molar-refractivity contribution is 6.03. The second kappa shape index (κ2) is 2.99. The van der Waals surface area contributed by atoms with Crippen LogP contribution >= 0.6 is 0 Å². The van der Waals surface area contributed by atoms with Crippen molar-refractivity contribution in [2.45, 2.75) is 33.6 Å². The Balaban J connectivity index is 2.57. The molecule has 60 valence electrons. The van der Waals surface area contributed by atoms with E-state index in [1.54, 1.807) is 6.92 Å². The third kappa shape index (κ3) is 2.00. The van der Waals surface area contributed by atoms with Gasteiger partial charge in [0.15, 0.2) is 0 Å². The van der Waals surface area contributed by atoms with Crippen LogP contribution in [0.4, 0.5) is 0 Å². The molecule has 0 bridgehead atoms. The number of hydrogen-bond acceptors (Lipinski definition) is 2. The molecule has 1 aliphatic rings. The van der Waals surface area contributed by atoms with Crippen molar-refractivity contribution in [2.24, 2.45) is 4.99 Å². The van der Waals surface area contributed by atoms with Gasteiger partial charge in [-0.25, -0.2) is 0 Å². The van der Waals surface area contributed by atoms with Crippen LogP contribution in [0.1, 0.15) is 33.6 Å². The summed E-state index contributed by atoms with van der Waals surface area (Å²) in [7, 11) is 0. The molecule has 2 heteroatoms. The summed E-state index contributed by atoms with van der Waals surface area (Å²) < 4.78 is 0. The minimum atomic E-state index is 0.200. The van der Waals surface area contributed by atoms with E-state index in [0.29, 0.717) is 6.42 Å². The fraction of sp³-hybridized carbons (Fsp3) is 0.556. The monoisotopic (exact) mass is 151 g/mol. The number of nitrogens with zero attached hydrogens (tertiary/aromatic N) is 1. The van der Waals surface area contributed by atoms with Crippen LogP contribution in [-0.4, -0.2) is 11.5 Å². The highest BCUT2D eigenvalue weighted by Gasteiger charge is 2.11. The van der Waals surface area contributed by atoms with E-state index in [9.17, 15) is 4.79 Å². The summed E-state index contributed by atoms with van der Waals surface area (Å²) in [6.07, 6.45) is 1.42. The van der Waals surface area contributed by atoms with Crippen molar-refractivity contribution in [3.63, 3.8) is 0 Å². The van der Waals surface area contributed by atoms with Gasteiger partial charge in [-0.05, 0) is 26.3 Å². The Labute approximate surface area is 67.0 Å². The van der Waals surface area contributed by atoms with Crippen LogP contribution < -0.4 is 0 Å². The number of allylic oxidation sites excluding steroid dienone is 2. The van der Waals surface area contributed by atoms with E-state index in [0.717, 1.165) is 17.8 Å². The van der Waals surface area contributed by atoms with Gasteiger partial charge in [0, 0.05) is 24.3 Å². The average Bonchev–Trinajstić information content (AvgIpc) is 2.10. The highest BCUT2D eigenvalue weighted by atomic mass is 16.1. The lowest BCUT2D eigenvalue weighted by molar-refractivity contribution is -0.115. The number of aliphatic imine (C=N–C) groups is 1. The van der Waals surface area contributed by atoms with Crippen molar-refractivity contribution in [1.82, 2.24) is 0 Å². The molecule has 0 spiro atoms. The Hall–Kier alpha value is -0.920. The summed E-state index contributed by atoms with van der Waals surface area (Å²) >= 11 is 0. The number of carbonyl (C=O) groups excluding carboxylic acids is 1. The van der Waals surface area contributed by atoms with Crippen LogP contribution in [0.5, 0.6) is 0 Å². The van der Waals surface area contributed by atoms with Crippen LogP contribution in [0.3, 0.4) is 0 Å². The molecule has 0 saturated carbocycles. The molecule has 0 aliphatic carbocycles. The summed E-state index contributed by atoms with van der Waals surface area (Å²) in [5.41, 5.74) is 3.40. The molecule has 0 aromatic heterocycles. The number of hydrogen-bond donors (Lipinski definition) is 0. The van der Waals surface area contributed by atoms with Crippen molar-refractivity contribution >= 4 is 11.5 Å². The molecule has 1 heterocycles. The summed E-state index contributed by atoms with van der Waals surface area (Å²) in [6, 6.07) is 0. The Kier molecular flexibility index (Phi) is 2.22. The minimum absolute atomic E-state index is 0.200. The zero-order chi connectivity index (χ0) is 8.43. The lowest BCUT2D eigenvalue weighted by Crippen LogP contribution is -2.01. The highest BCUT2D eigenvalue weighted by Crippen LogP contribution is 2.19. The predicted molar refractivity (Wildman–Crippen MR) is 45.7 cm³/mol. The molecule has 1 rings (SSSR count). The van der Waals surface area contributed by atoms with Gasteiger partial charge in [0.05, 0.1) is 0 Å². The molecule has 0 fully saturated rings. The van der Waals surface area contributed by atoms with Crippen molar-refractivity contribution in [3.8, 4) is 0 Å². The maximum Gasteiger partial charge on any atom is 0.135 e. The summed E-state index contributed by atoms with van der Waals surface area (Å²) in [5, 5.41) is 0. The van der Waals surface area contributed by atoms with E-state index in [4.69, 9.17) is 0 Å². The maximum absolute atomic E-state index is 10.7. The lowest BCUT2D eigenvalue weighted by Gasteiger charge is -1.94. The molecule has 0 amide bonds. The zero-order valence-electron chi connectivity index (χ0n) is 7.27. The molecule has 1 aliphatic heterocycles. The van der Waals surface area contributed by atoms with Gasteiger partial charge in [0.2, 0.25) is 0 Å². The fourth-order valence-electron chi connectivity index (χ4n) is 1.20. The quantitative estimate of drug-likeness (QED) is 0.594. The Morgan fingerprint density at radius 2 is 2.18 bits per heavy atom. The molecule has 0 radical (unpaired) electrons. The van der Waals surface area contributed by atoms with Crippen molar-refractivity contribution in [3.05, 3.63) is 11.3 Å². The van der Waals surface area contributed by atoms with Crippen LogP contribution in [0, 0.1) is 0 Å². The van der Waals surface area contributed by atoms with Crippen molar-refractivity contribution < 1.29 is 4.79 Å². The number of carbonyl (C=O) groups is 1. The Morgan fingerprint density at radius 1 is 1.55 bits per heavy atom. The molecular formula is C9H13NO. The first kappa shape index (κ1) is 8.18. The fourth-order valence-corrected chi connectivity index (χ4v) is 1.20. The van der Waals surface area contributed by atoms with Gasteiger partial charge in [0.1, 0.15) is 5.78 Å². The maximum atomic E-state index is 10.7. The van der Waals surface area contributed by atoms with Gasteiger partial charge in [-0.3, -0.25) is 9.79 Å². The molecule has 0 saturated heterocycles. The third-order valence-electron chi connectivity index (χ3n) is 1.87. The third-order valence-corrected chi connectivity index (χ3v) is 1.87. The van der Waals surface area contributed by atoms with E-state index in [1.807, 2.05) is 6.92 Å². The molecule has 2 nitrogen and oxygen atoms in total. The summed E-state index contributed by atoms with van der Waals surface area (Å²) in [5.74, 6) is 0.200. The topological polar surface area (TPSA) is 29.4 Å². The van der Waals surface area contributed by atoms with Gasteiger partial charge < -0.3 is 0 Å². The van der Waals surface area contributed by atoms with Crippen LogP contribution in [0.25, 0.3) is 0 Å². The van der Waals surface area contributed by atoms with Crippen LogP contribution in [-0.2, 0) is 4.79 Å². The summed E-state index contributed by atoms with van der Waals surface area (Å²) in [6.45, 7) is 5.65. The largest absolute Gasteiger partial charge is 0.300 e. The van der Waals surface area contributed by atoms with Crippen LogP contribution in [0.15, 0.2) is 16.3 Å². The molecule has 0 aromatic rings. The van der Waals surface area contributed by atoms with Gasteiger partial charge >= 0.3 is 0 Å². The number of ketones is 1. The zero-order valence-corrected chi connectivity index (χ0v) is 7.27. The molecule has 0 unspecified atom stereocenters. The van der Waals surface area contributed by atoms with Crippen molar-refractivity contribution in [2.75, 3.05) is 0 Å². The predicted octanol–water partition coefficient (Wildman–Crippen LogP) is 2.10. The smallest absolute Gasteiger partial charge is 0.135 e. The average molecular weight is 151 g/mol. The van der Waals surface area contributed by atoms with Gasteiger partial charge in [-0.2, -0.15) is 0 Å². The first-order chi connectivity index (χ1) is 5.09. The molecule has 11 heavy (non-hydrogen) atoms. The first-order valence-corrected chi connectivity index (χ1v) is 3.82. The first-order valence-electron chi connectivity index (χ1n) is 3.82. The van der Waals surface area contributed by atoms with E-state index < -0.39 is 0 Å². The minimum Gasteiger partial charge on any atom is -0.300 e. The molecular weight excluding hydrogens is 138 g/mol. The second-order valence-corrected chi connectivity index (χ2v) is 3.10. The van der Waals surface area contributed by atoms with Crippen molar-refractivity contribution in [1.29, 1.82) is 0 Å². The SMILES string of the molecule is CC(=O)CC1=NC(C)=C(C)C1. The van der Waals surface area contributed by atoms with E-state index in [2.05, 4.69) is 11.9 Å². The second-order valence-electron chi connectivity index (χ2n) is 3.10. The van der Waals surface area contributed by atoms with Gasteiger partial charge in [0.25, 0.3) is 0 Å². The Morgan fingerprint density at radius 3 is 2.55 bits per heavy atom. The molecule has 0 N–H and O–H groups in total. The Bertz CT molecular complexity index is 244. The normalized spacial score (nSPS) is 17.2. The number of Topliss-reactive ketones (excluding diaryl/α,β-unsaturated/α-hetero) is 1. The lowest BCUT2D eigenvalue weighted by atomic mass is 10.1. The van der Waals surface area contributed by atoms with E-state index in [-0.39, 0.29) is 5.78 Å². The van der Waals surface area contributed by atoms with Gasteiger partial charge in [-0.1, -0.05) is 0 Å². The van der Waals surface area contributed by atoms with E-state index >= 15 is 0 Å². The van der Waals surface area contributed by atoms with Crippen LogP contribution in [0.2, 0.25) is 0 Å². The summed E-state index contributed by atoms with van der Waals surface area (Å²) in [4.78, 5) is 15.0. The van der Waals surface area contributed by atoms with Gasteiger partial charge in [-0.15, -0.1) is 0 Å². The molecule has 0 aromatic carbocycles.